The van der Waals surface area contributed by atoms with Crippen LogP contribution in [-0.2, 0) is 4.79 Å². The van der Waals surface area contributed by atoms with Gasteiger partial charge < -0.3 is 14.9 Å². The van der Waals surface area contributed by atoms with E-state index >= 15 is 0 Å². The molecule has 0 spiro atoms. The third-order valence-electron chi connectivity index (χ3n) is 3.95. The molecule has 0 saturated carbocycles. The van der Waals surface area contributed by atoms with E-state index < -0.39 is 11.6 Å². The number of benzene rings is 1. The monoisotopic (exact) mass is 296 g/mol. The molecule has 0 aliphatic carbocycles. The number of hydrogen-bond donors (Lipinski definition) is 1. The molecule has 110 valence electrons. The number of aliphatic hydroxyl groups excluding tert-OH is 1. The lowest BCUT2D eigenvalue weighted by atomic mass is 9.96. The van der Waals surface area contributed by atoms with Crippen molar-refractivity contribution in [3.8, 4) is 0 Å². The fraction of sp³-hybridized carbons (Fsp3) is 0.533. The number of aliphatic hydroxyl groups is 1. The maximum atomic E-state index is 12.3. The fourth-order valence-electron chi connectivity index (χ4n) is 2.69. The summed E-state index contributed by atoms with van der Waals surface area (Å²) in [6, 6.07) is 5.56. The Morgan fingerprint density at radius 3 is 2.55 bits per heavy atom. The predicted octanol–water partition coefficient (Wildman–Crippen LogP) is 2.45. The summed E-state index contributed by atoms with van der Waals surface area (Å²) in [6.07, 6.45) is -0.598. The highest BCUT2D eigenvalue weighted by atomic mass is 35.5. The van der Waals surface area contributed by atoms with Gasteiger partial charge in [0.1, 0.15) is 5.54 Å². The molecule has 1 aliphatic rings. The molecule has 1 unspecified atom stereocenters. The largest absolute Gasteiger partial charge is 0.389 e. The SMILES string of the molecule is CC(O)c1ccc(N2CCN(C)C(=O)C2(C)C)cc1Cl. The number of rotatable bonds is 2. The van der Waals surface area contributed by atoms with Crippen LogP contribution in [0.1, 0.15) is 32.4 Å². The van der Waals surface area contributed by atoms with Crippen LogP contribution in [0.2, 0.25) is 5.02 Å². The van der Waals surface area contributed by atoms with E-state index in [9.17, 15) is 9.90 Å². The average Bonchev–Trinajstić information content (AvgIpc) is 2.35. The van der Waals surface area contributed by atoms with Crippen LogP contribution in [0, 0.1) is 0 Å². The van der Waals surface area contributed by atoms with E-state index in [-0.39, 0.29) is 5.91 Å². The molecule has 0 aromatic heterocycles. The maximum absolute atomic E-state index is 12.3. The summed E-state index contributed by atoms with van der Waals surface area (Å²) < 4.78 is 0. The van der Waals surface area contributed by atoms with Crippen LogP contribution >= 0.6 is 11.6 Å². The summed E-state index contributed by atoms with van der Waals surface area (Å²) in [5.74, 6) is 0.0967. The molecule has 1 fully saturated rings. The van der Waals surface area contributed by atoms with Gasteiger partial charge >= 0.3 is 0 Å². The Kier molecular flexibility index (Phi) is 3.98. The number of hydrogen-bond acceptors (Lipinski definition) is 3. The second-order valence-electron chi connectivity index (χ2n) is 5.82. The van der Waals surface area contributed by atoms with Crippen LogP contribution in [0.15, 0.2) is 18.2 Å². The third-order valence-corrected chi connectivity index (χ3v) is 4.28. The molecule has 1 aromatic rings. The van der Waals surface area contributed by atoms with Crippen molar-refractivity contribution in [2.75, 3.05) is 25.0 Å². The van der Waals surface area contributed by atoms with E-state index in [1.54, 1.807) is 11.8 Å². The number of halogens is 1. The molecule has 1 N–H and O–H groups in total. The van der Waals surface area contributed by atoms with Gasteiger partial charge in [0, 0.05) is 30.8 Å². The molecular formula is C15H21ClN2O2. The van der Waals surface area contributed by atoms with Crippen molar-refractivity contribution in [1.82, 2.24) is 4.90 Å². The standard InChI is InChI=1S/C15H21ClN2O2/c1-10(19)12-6-5-11(9-13(12)16)18-8-7-17(4)14(20)15(18,2)3/h5-6,9-10,19H,7-8H2,1-4H3. The molecule has 1 aromatic carbocycles. The van der Waals surface area contributed by atoms with Crippen LogP contribution in [0.25, 0.3) is 0 Å². The minimum atomic E-state index is -0.598. The van der Waals surface area contributed by atoms with Gasteiger partial charge in [0.2, 0.25) is 5.91 Å². The minimum Gasteiger partial charge on any atom is -0.389 e. The number of carbonyl (C=O) groups is 1. The number of anilines is 1. The van der Waals surface area contributed by atoms with Gasteiger partial charge in [-0.15, -0.1) is 0 Å². The van der Waals surface area contributed by atoms with Crippen molar-refractivity contribution in [3.63, 3.8) is 0 Å². The van der Waals surface area contributed by atoms with Crippen molar-refractivity contribution in [1.29, 1.82) is 0 Å². The van der Waals surface area contributed by atoms with Gasteiger partial charge in [-0.25, -0.2) is 0 Å². The first-order valence-corrected chi connectivity index (χ1v) is 7.13. The summed E-state index contributed by atoms with van der Waals surface area (Å²) in [7, 11) is 1.82. The van der Waals surface area contributed by atoms with Crippen molar-refractivity contribution in [3.05, 3.63) is 28.8 Å². The fourth-order valence-corrected chi connectivity index (χ4v) is 3.02. The van der Waals surface area contributed by atoms with E-state index in [0.717, 1.165) is 12.2 Å². The van der Waals surface area contributed by atoms with E-state index in [1.165, 1.54) is 0 Å². The Hall–Kier alpha value is -1.26. The van der Waals surface area contributed by atoms with Gasteiger partial charge in [0.25, 0.3) is 0 Å². The van der Waals surface area contributed by atoms with Crippen molar-refractivity contribution < 1.29 is 9.90 Å². The number of likely N-dealkylation sites (N-methyl/N-ethyl adjacent to an activating group) is 1. The van der Waals surface area contributed by atoms with Crippen molar-refractivity contribution >= 4 is 23.2 Å². The Balaban J connectivity index is 2.36. The smallest absolute Gasteiger partial charge is 0.247 e. The summed E-state index contributed by atoms with van der Waals surface area (Å²) in [6.45, 7) is 6.98. The first-order valence-electron chi connectivity index (χ1n) is 6.76. The quantitative estimate of drug-likeness (QED) is 0.912. The number of nitrogens with zero attached hydrogens (tertiary/aromatic N) is 2. The zero-order valence-electron chi connectivity index (χ0n) is 12.4. The Morgan fingerprint density at radius 2 is 2.00 bits per heavy atom. The first kappa shape index (κ1) is 15.1. The predicted molar refractivity (Wildman–Crippen MR) is 81.1 cm³/mol. The van der Waals surface area contributed by atoms with Crippen molar-refractivity contribution in [2.24, 2.45) is 0 Å². The van der Waals surface area contributed by atoms with Gasteiger partial charge in [-0.1, -0.05) is 17.7 Å². The normalized spacial score (nSPS) is 20.2. The van der Waals surface area contributed by atoms with Crippen LogP contribution in [0.4, 0.5) is 5.69 Å². The van der Waals surface area contributed by atoms with Gasteiger partial charge in [-0.05, 0) is 38.5 Å². The molecule has 0 bridgehead atoms. The van der Waals surface area contributed by atoms with Crippen molar-refractivity contribution in [2.45, 2.75) is 32.4 Å². The molecule has 4 nitrogen and oxygen atoms in total. The van der Waals surface area contributed by atoms with E-state index in [0.29, 0.717) is 17.1 Å². The van der Waals surface area contributed by atoms with E-state index in [2.05, 4.69) is 4.90 Å². The zero-order valence-corrected chi connectivity index (χ0v) is 13.1. The molecular weight excluding hydrogens is 276 g/mol. The molecule has 5 heteroatoms. The molecule has 20 heavy (non-hydrogen) atoms. The lowest BCUT2D eigenvalue weighted by Gasteiger charge is -2.46. The topological polar surface area (TPSA) is 43.8 Å². The molecule has 1 atom stereocenters. The molecule has 1 aliphatic heterocycles. The molecule has 0 radical (unpaired) electrons. The minimum absolute atomic E-state index is 0.0967. The van der Waals surface area contributed by atoms with Gasteiger partial charge in [0.15, 0.2) is 0 Å². The summed E-state index contributed by atoms with van der Waals surface area (Å²) in [5, 5.41) is 10.2. The maximum Gasteiger partial charge on any atom is 0.247 e. The van der Waals surface area contributed by atoms with Crippen LogP contribution in [-0.4, -0.2) is 41.6 Å². The van der Waals surface area contributed by atoms with Gasteiger partial charge in [0.05, 0.1) is 6.10 Å². The summed E-state index contributed by atoms with van der Waals surface area (Å²) in [4.78, 5) is 16.1. The van der Waals surface area contributed by atoms with Gasteiger partial charge in [-0.3, -0.25) is 4.79 Å². The second-order valence-corrected chi connectivity index (χ2v) is 6.23. The Morgan fingerprint density at radius 1 is 1.35 bits per heavy atom. The molecule has 2 rings (SSSR count). The first-order chi connectivity index (χ1) is 9.25. The molecule has 1 amide bonds. The lowest BCUT2D eigenvalue weighted by Crippen LogP contribution is -2.62. The third kappa shape index (κ3) is 2.50. The number of amides is 1. The number of piperazine rings is 1. The second kappa shape index (κ2) is 5.26. The van der Waals surface area contributed by atoms with Crippen LogP contribution < -0.4 is 4.90 Å². The Labute approximate surface area is 124 Å². The average molecular weight is 297 g/mol. The highest BCUT2D eigenvalue weighted by molar-refractivity contribution is 6.31. The lowest BCUT2D eigenvalue weighted by molar-refractivity contribution is -0.136. The Bertz CT molecular complexity index is 529. The highest BCUT2D eigenvalue weighted by Crippen LogP contribution is 2.33. The number of carbonyl (C=O) groups excluding carboxylic acids is 1. The van der Waals surface area contributed by atoms with E-state index in [1.807, 2.05) is 39.1 Å². The van der Waals surface area contributed by atoms with E-state index in [4.69, 9.17) is 11.6 Å². The highest BCUT2D eigenvalue weighted by Gasteiger charge is 2.40. The molecule has 1 saturated heterocycles. The molecule has 1 heterocycles. The van der Waals surface area contributed by atoms with Crippen LogP contribution in [0.3, 0.4) is 0 Å². The summed E-state index contributed by atoms with van der Waals surface area (Å²) in [5.41, 5.74) is 1.02. The summed E-state index contributed by atoms with van der Waals surface area (Å²) >= 11 is 6.22. The zero-order chi connectivity index (χ0) is 15.1. The van der Waals surface area contributed by atoms with Gasteiger partial charge in [-0.2, -0.15) is 0 Å². The van der Waals surface area contributed by atoms with Crippen LogP contribution in [0.5, 0.6) is 0 Å².